The Morgan fingerprint density at radius 2 is 1.93 bits per heavy atom. The van der Waals surface area contributed by atoms with E-state index in [1.807, 2.05) is 6.92 Å². The summed E-state index contributed by atoms with van der Waals surface area (Å²) in [6, 6.07) is 12.1. The molecule has 2 heterocycles. The summed E-state index contributed by atoms with van der Waals surface area (Å²) < 4.78 is 34.4. The fraction of sp³-hybridized carbons (Fsp3) is 0.143. The summed E-state index contributed by atoms with van der Waals surface area (Å²) in [5.74, 6) is -0.241. The molecule has 0 fully saturated rings. The van der Waals surface area contributed by atoms with Crippen LogP contribution >= 0.6 is 0 Å². The summed E-state index contributed by atoms with van der Waals surface area (Å²) in [5, 5.41) is 0. The van der Waals surface area contributed by atoms with Crippen LogP contribution in [0.1, 0.15) is 12.5 Å². The number of hydrogen-bond donors (Lipinski definition) is 1. The third-order valence-electron chi connectivity index (χ3n) is 4.41. The van der Waals surface area contributed by atoms with E-state index in [2.05, 4.69) is 9.97 Å². The van der Waals surface area contributed by atoms with Crippen molar-refractivity contribution in [1.82, 2.24) is 14.5 Å². The standard InChI is InChI=1S/C21H17F2N3O2/c1-2-28-19-7-6-16(23)10-17(19)14-9-18-20(24-11-14)25-21(27)26(18)12-13-4-3-5-15(22)8-13/h3-11H,2,12H2,1H3,(H,24,25,27). The average Bonchev–Trinajstić information content (AvgIpc) is 2.98. The fourth-order valence-corrected chi connectivity index (χ4v) is 3.16. The van der Waals surface area contributed by atoms with Gasteiger partial charge in [0.05, 0.1) is 18.7 Å². The Labute approximate surface area is 159 Å². The third kappa shape index (κ3) is 3.38. The zero-order valence-electron chi connectivity index (χ0n) is 15.1. The fourth-order valence-electron chi connectivity index (χ4n) is 3.16. The van der Waals surface area contributed by atoms with Crippen LogP contribution in [0.3, 0.4) is 0 Å². The zero-order valence-corrected chi connectivity index (χ0v) is 15.1. The normalized spacial score (nSPS) is 11.1. The van der Waals surface area contributed by atoms with Crippen LogP contribution in [0.5, 0.6) is 5.75 Å². The van der Waals surface area contributed by atoms with E-state index in [1.54, 1.807) is 30.5 Å². The van der Waals surface area contributed by atoms with Crippen molar-refractivity contribution in [1.29, 1.82) is 0 Å². The Bertz CT molecular complexity index is 1210. The molecule has 0 amide bonds. The van der Waals surface area contributed by atoms with E-state index in [4.69, 9.17) is 4.74 Å². The van der Waals surface area contributed by atoms with Crippen LogP contribution in [0, 0.1) is 11.6 Å². The van der Waals surface area contributed by atoms with Gasteiger partial charge < -0.3 is 4.74 Å². The van der Waals surface area contributed by atoms with Crippen LogP contribution in [0.2, 0.25) is 0 Å². The lowest BCUT2D eigenvalue weighted by Crippen LogP contribution is -2.17. The molecule has 0 spiro atoms. The molecular formula is C21H17F2N3O2. The number of ether oxygens (including phenoxy) is 1. The van der Waals surface area contributed by atoms with Crippen LogP contribution in [-0.2, 0) is 6.54 Å². The molecule has 0 aliphatic heterocycles. The molecule has 142 valence electrons. The number of hydrogen-bond acceptors (Lipinski definition) is 3. The van der Waals surface area contributed by atoms with Gasteiger partial charge in [0.15, 0.2) is 5.65 Å². The molecule has 2 aromatic carbocycles. The zero-order chi connectivity index (χ0) is 19.7. The van der Waals surface area contributed by atoms with Gasteiger partial charge in [0.2, 0.25) is 0 Å². The summed E-state index contributed by atoms with van der Waals surface area (Å²) in [4.78, 5) is 19.4. The molecule has 7 heteroatoms. The van der Waals surface area contributed by atoms with Gasteiger partial charge in [0.1, 0.15) is 17.4 Å². The molecule has 4 rings (SSSR count). The Morgan fingerprint density at radius 3 is 2.71 bits per heavy atom. The number of halogens is 2. The van der Waals surface area contributed by atoms with Crippen molar-refractivity contribution in [3.8, 4) is 16.9 Å². The molecule has 0 aliphatic rings. The maximum Gasteiger partial charge on any atom is 0.327 e. The third-order valence-corrected chi connectivity index (χ3v) is 4.41. The lowest BCUT2D eigenvalue weighted by atomic mass is 10.1. The smallest absolute Gasteiger partial charge is 0.327 e. The largest absolute Gasteiger partial charge is 0.493 e. The Hall–Kier alpha value is -3.48. The SMILES string of the molecule is CCOc1ccc(F)cc1-c1cnc2[nH]c(=O)n(Cc3cccc(F)c3)c2c1. The predicted octanol–water partition coefficient (Wildman–Crippen LogP) is 4.12. The second kappa shape index (κ2) is 7.26. The molecule has 0 saturated carbocycles. The Balaban J connectivity index is 1.83. The lowest BCUT2D eigenvalue weighted by molar-refractivity contribution is 0.341. The van der Waals surface area contributed by atoms with Crippen molar-refractivity contribution in [2.24, 2.45) is 0 Å². The minimum absolute atomic E-state index is 0.184. The number of fused-ring (bicyclic) bond motifs is 1. The van der Waals surface area contributed by atoms with Gasteiger partial charge in [-0.15, -0.1) is 0 Å². The quantitative estimate of drug-likeness (QED) is 0.566. The second-order valence-electron chi connectivity index (χ2n) is 6.31. The van der Waals surface area contributed by atoms with Crippen LogP contribution < -0.4 is 10.4 Å². The van der Waals surface area contributed by atoms with E-state index < -0.39 is 5.82 Å². The van der Waals surface area contributed by atoms with Gasteiger partial charge in [0.25, 0.3) is 0 Å². The minimum Gasteiger partial charge on any atom is -0.493 e. The van der Waals surface area contributed by atoms with Gasteiger partial charge in [-0.2, -0.15) is 0 Å². The number of benzene rings is 2. The number of nitrogens with one attached hydrogen (secondary N) is 1. The van der Waals surface area contributed by atoms with E-state index in [-0.39, 0.29) is 18.1 Å². The first-order chi connectivity index (χ1) is 13.5. The number of rotatable bonds is 5. The van der Waals surface area contributed by atoms with Crippen molar-refractivity contribution in [2.75, 3.05) is 6.61 Å². The number of aromatic nitrogens is 3. The molecule has 5 nitrogen and oxygen atoms in total. The molecule has 28 heavy (non-hydrogen) atoms. The first-order valence-corrected chi connectivity index (χ1v) is 8.81. The van der Waals surface area contributed by atoms with Gasteiger partial charge in [0, 0.05) is 17.3 Å². The van der Waals surface area contributed by atoms with Gasteiger partial charge >= 0.3 is 5.69 Å². The highest BCUT2D eigenvalue weighted by Crippen LogP contribution is 2.31. The Morgan fingerprint density at radius 1 is 1.11 bits per heavy atom. The number of pyridine rings is 1. The van der Waals surface area contributed by atoms with E-state index >= 15 is 0 Å². The maximum absolute atomic E-state index is 13.8. The van der Waals surface area contributed by atoms with Crippen LogP contribution in [0.25, 0.3) is 22.3 Å². The molecule has 0 bridgehead atoms. The highest BCUT2D eigenvalue weighted by atomic mass is 19.1. The highest BCUT2D eigenvalue weighted by Gasteiger charge is 2.13. The number of aromatic amines is 1. The van der Waals surface area contributed by atoms with Gasteiger partial charge in [-0.3, -0.25) is 9.55 Å². The molecule has 2 aromatic heterocycles. The van der Waals surface area contributed by atoms with Crippen LogP contribution in [0.15, 0.2) is 59.5 Å². The molecular weight excluding hydrogens is 364 g/mol. The summed E-state index contributed by atoms with van der Waals surface area (Å²) >= 11 is 0. The molecule has 0 saturated heterocycles. The number of H-pyrrole nitrogens is 1. The van der Waals surface area contributed by atoms with Crippen molar-refractivity contribution < 1.29 is 13.5 Å². The van der Waals surface area contributed by atoms with E-state index in [0.717, 1.165) is 0 Å². The lowest BCUT2D eigenvalue weighted by Gasteiger charge is -2.11. The Kier molecular flexibility index (Phi) is 4.65. The topological polar surface area (TPSA) is 59.9 Å². The van der Waals surface area contributed by atoms with Crippen molar-refractivity contribution >= 4 is 11.2 Å². The molecule has 0 unspecified atom stereocenters. The molecule has 0 radical (unpaired) electrons. The van der Waals surface area contributed by atoms with Crippen molar-refractivity contribution in [3.63, 3.8) is 0 Å². The first-order valence-electron chi connectivity index (χ1n) is 8.81. The molecule has 4 aromatic rings. The van der Waals surface area contributed by atoms with Crippen LogP contribution in [0.4, 0.5) is 8.78 Å². The maximum atomic E-state index is 13.8. The van der Waals surface area contributed by atoms with Crippen molar-refractivity contribution in [3.05, 3.63) is 82.4 Å². The monoisotopic (exact) mass is 381 g/mol. The molecule has 0 aliphatic carbocycles. The summed E-state index contributed by atoms with van der Waals surface area (Å²) in [7, 11) is 0. The highest BCUT2D eigenvalue weighted by molar-refractivity contribution is 5.80. The molecule has 1 N–H and O–H groups in total. The van der Waals surface area contributed by atoms with Gasteiger partial charge in [-0.05, 0) is 48.9 Å². The number of imidazole rings is 1. The van der Waals surface area contributed by atoms with E-state index in [1.165, 1.54) is 28.8 Å². The van der Waals surface area contributed by atoms with Crippen molar-refractivity contribution in [2.45, 2.75) is 13.5 Å². The van der Waals surface area contributed by atoms with Gasteiger partial charge in [-0.25, -0.2) is 18.6 Å². The summed E-state index contributed by atoms with van der Waals surface area (Å²) in [6.45, 7) is 2.46. The van der Waals surface area contributed by atoms with E-state index in [9.17, 15) is 13.6 Å². The molecule has 0 atom stereocenters. The van der Waals surface area contributed by atoms with Crippen LogP contribution in [-0.4, -0.2) is 21.1 Å². The predicted molar refractivity (Wildman–Crippen MR) is 102 cm³/mol. The van der Waals surface area contributed by atoms with E-state index in [0.29, 0.717) is 40.2 Å². The summed E-state index contributed by atoms with van der Waals surface area (Å²) in [5.41, 5.74) is 2.39. The minimum atomic E-state index is -0.398. The second-order valence-corrected chi connectivity index (χ2v) is 6.31. The summed E-state index contributed by atoms with van der Waals surface area (Å²) in [6.07, 6.45) is 1.56. The first kappa shape index (κ1) is 17.9. The van der Waals surface area contributed by atoms with Gasteiger partial charge in [-0.1, -0.05) is 12.1 Å². The average molecular weight is 381 g/mol. The number of nitrogens with zero attached hydrogens (tertiary/aromatic N) is 2.